The van der Waals surface area contributed by atoms with E-state index in [4.69, 9.17) is 0 Å². The Balaban J connectivity index is 0.000000434. The molecule has 11 heteroatoms. The molecule has 0 saturated carbocycles. The fourth-order valence-electron chi connectivity index (χ4n) is 1.67. The number of allylic oxidation sites excluding steroid dienone is 8. The van der Waals surface area contributed by atoms with Crippen LogP contribution in [0.3, 0.4) is 0 Å². The summed E-state index contributed by atoms with van der Waals surface area (Å²) in [7, 11) is 0. The van der Waals surface area contributed by atoms with Gasteiger partial charge in [-0.25, -0.2) is 50.6 Å². The summed E-state index contributed by atoms with van der Waals surface area (Å²) in [6.45, 7) is 0. The normalized spacial score (nSPS) is 12.2. The van der Waals surface area contributed by atoms with Gasteiger partial charge < -0.3 is 0 Å². The van der Waals surface area contributed by atoms with Gasteiger partial charge in [-0.15, -0.1) is 56.8 Å². The maximum atomic E-state index is 12.3. The molecule has 4 rings (SSSR count). The summed E-state index contributed by atoms with van der Waals surface area (Å²) in [5.41, 5.74) is 0. The second-order valence-corrected chi connectivity index (χ2v) is 6.98. The van der Waals surface area contributed by atoms with E-state index in [-0.39, 0.29) is 21.7 Å². The zero-order valence-electron chi connectivity index (χ0n) is 16.2. The van der Waals surface area contributed by atoms with Crippen LogP contribution in [0.25, 0.3) is 0 Å². The maximum Gasteiger partial charge on any atom is 4.00 e. The van der Waals surface area contributed by atoms with Crippen molar-refractivity contribution < 1.29 is 56.8 Å². The zero-order chi connectivity index (χ0) is 24.3. The van der Waals surface area contributed by atoms with Gasteiger partial charge in [-0.1, -0.05) is 0 Å². The minimum atomic E-state index is -1.74. The van der Waals surface area contributed by atoms with E-state index in [1.165, 1.54) is 12.1 Å². The summed E-state index contributed by atoms with van der Waals surface area (Å²) < 4.78 is 96.3. The smallest absolute Gasteiger partial charge is 0.278 e. The molecule has 0 aromatic heterocycles. The van der Waals surface area contributed by atoms with Crippen LogP contribution in [0.1, 0.15) is 12.8 Å². The van der Waals surface area contributed by atoms with E-state index in [1.807, 2.05) is 24.3 Å². The fraction of sp³-hybridized carbons (Fsp3) is 0.0909. The molecule has 0 fully saturated rings. The van der Waals surface area contributed by atoms with Crippen molar-refractivity contribution in [3.63, 3.8) is 0 Å². The Kier molecular flexibility index (Phi) is 15.5. The quantitative estimate of drug-likeness (QED) is 0.0902. The molecular weight excluding hydrogens is 624 g/mol. The van der Waals surface area contributed by atoms with Crippen LogP contribution in [-0.4, -0.2) is 0 Å². The Morgan fingerprint density at radius 1 is 0.545 bits per heavy atom. The van der Waals surface area contributed by atoms with Gasteiger partial charge >= 0.3 is 21.7 Å². The standard InChI is InChI=1S/2C6BrF4.2C5H5.Ti/c2*7-4-2(8)1-3(9)5(10)6(4)11;2*1-2-4-5-3-1;/h;;2*1-3H,4H2;/q4*-1;+4. The van der Waals surface area contributed by atoms with Crippen molar-refractivity contribution in [2.45, 2.75) is 12.8 Å². The van der Waals surface area contributed by atoms with Crippen LogP contribution in [0.4, 0.5) is 35.1 Å². The SMILES string of the molecule is Fc1[c-]c(F)c(Br)c(F)c1F.Fc1[c-]c(F)c(Br)c(F)c1F.[C-]1=CC=CC1.[C-]1=CC=CC1.[Ti+4]. The van der Waals surface area contributed by atoms with Crippen molar-refractivity contribution in [2.24, 2.45) is 0 Å². The van der Waals surface area contributed by atoms with Crippen molar-refractivity contribution in [1.29, 1.82) is 0 Å². The van der Waals surface area contributed by atoms with E-state index in [0.29, 0.717) is 0 Å². The van der Waals surface area contributed by atoms with Gasteiger partial charge in [0, 0.05) is 11.6 Å². The van der Waals surface area contributed by atoms with Crippen molar-refractivity contribution in [2.75, 3.05) is 0 Å². The first-order chi connectivity index (χ1) is 15.1. The summed E-state index contributed by atoms with van der Waals surface area (Å²) in [6, 6.07) is 2.70. The number of halogens is 10. The molecule has 0 amide bonds. The second-order valence-electron chi connectivity index (χ2n) is 5.40. The van der Waals surface area contributed by atoms with Crippen molar-refractivity contribution in [3.8, 4) is 0 Å². The predicted molar refractivity (Wildman–Crippen MR) is 109 cm³/mol. The van der Waals surface area contributed by atoms with Gasteiger partial charge in [0.05, 0.1) is 34.9 Å². The first-order valence-corrected chi connectivity index (χ1v) is 9.91. The van der Waals surface area contributed by atoms with E-state index < -0.39 is 55.5 Å². The molecule has 2 aromatic carbocycles. The van der Waals surface area contributed by atoms with Crippen LogP contribution < -0.4 is 0 Å². The molecule has 33 heavy (non-hydrogen) atoms. The molecule has 2 aromatic rings. The molecule has 172 valence electrons. The monoisotopic (exact) mass is 632 g/mol. The third kappa shape index (κ3) is 10.5. The maximum absolute atomic E-state index is 12.3. The van der Waals surface area contributed by atoms with Crippen LogP contribution in [0.5, 0.6) is 0 Å². The van der Waals surface area contributed by atoms with E-state index in [1.54, 1.807) is 0 Å². The molecular formula is C22H10Br2F8Ti. The minimum Gasteiger partial charge on any atom is -0.278 e. The van der Waals surface area contributed by atoms with Gasteiger partial charge in [0.15, 0.2) is 0 Å². The van der Waals surface area contributed by atoms with E-state index >= 15 is 0 Å². The molecule has 0 spiro atoms. The summed E-state index contributed by atoms with van der Waals surface area (Å²) >= 11 is 4.75. The first-order valence-electron chi connectivity index (χ1n) is 8.32. The number of benzene rings is 2. The van der Waals surface area contributed by atoms with Gasteiger partial charge in [-0.05, 0) is 8.95 Å². The summed E-state index contributed by atoms with van der Waals surface area (Å²) in [5.74, 6) is -12.6. The molecule has 2 aliphatic rings. The molecule has 2 aliphatic carbocycles. The Morgan fingerprint density at radius 3 is 1.09 bits per heavy atom. The Labute approximate surface area is 216 Å². The predicted octanol–water partition coefficient (Wildman–Crippen LogP) is 8.22. The van der Waals surface area contributed by atoms with Gasteiger partial charge in [0.2, 0.25) is 0 Å². The van der Waals surface area contributed by atoms with Crippen LogP contribution in [0.2, 0.25) is 0 Å². The van der Waals surface area contributed by atoms with Crippen molar-refractivity contribution in [1.82, 2.24) is 0 Å². The molecule has 0 nitrogen and oxygen atoms in total. The minimum absolute atomic E-state index is 0. The summed E-state index contributed by atoms with van der Waals surface area (Å²) in [4.78, 5) is 0. The summed E-state index contributed by atoms with van der Waals surface area (Å²) in [6.07, 6.45) is 20.0. The Morgan fingerprint density at radius 2 is 0.879 bits per heavy atom. The van der Waals surface area contributed by atoms with Gasteiger partial charge in [0.1, 0.15) is 0 Å². The van der Waals surface area contributed by atoms with Gasteiger partial charge in [-0.2, -0.15) is 12.2 Å². The zero-order valence-corrected chi connectivity index (χ0v) is 20.9. The van der Waals surface area contributed by atoms with E-state index in [0.717, 1.165) is 12.8 Å². The van der Waals surface area contributed by atoms with Crippen molar-refractivity contribution in [3.05, 3.63) is 116 Å². The average Bonchev–Trinajstić information content (AvgIpc) is 3.53. The Hall–Kier alpha value is -1.49. The first kappa shape index (κ1) is 31.5. The molecule has 0 saturated heterocycles. The molecule has 0 heterocycles. The van der Waals surface area contributed by atoms with Gasteiger partial charge in [-0.3, -0.25) is 20.9 Å². The largest absolute Gasteiger partial charge is 4.00 e. The summed E-state index contributed by atoms with van der Waals surface area (Å²) in [5, 5.41) is 0. The van der Waals surface area contributed by atoms with Crippen molar-refractivity contribution >= 4 is 31.9 Å². The fourth-order valence-corrected chi connectivity index (χ4v) is 2.22. The Bertz CT molecular complexity index is 894. The van der Waals surface area contributed by atoms with Crippen LogP contribution in [0, 0.1) is 70.8 Å². The third-order valence-electron chi connectivity index (χ3n) is 3.15. The molecule has 0 atom stereocenters. The molecule has 0 radical (unpaired) electrons. The number of hydrogen-bond donors (Lipinski definition) is 0. The van der Waals surface area contributed by atoms with Crippen LogP contribution in [-0.2, 0) is 21.7 Å². The van der Waals surface area contributed by atoms with E-state index in [2.05, 4.69) is 56.2 Å². The number of rotatable bonds is 0. The topological polar surface area (TPSA) is 0 Å². The second kappa shape index (κ2) is 16.2. The average molecular weight is 634 g/mol. The third-order valence-corrected chi connectivity index (χ3v) is 4.54. The van der Waals surface area contributed by atoms with E-state index in [9.17, 15) is 35.1 Å². The van der Waals surface area contributed by atoms with Gasteiger partial charge in [0.25, 0.3) is 0 Å². The molecule has 0 bridgehead atoms. The van der Waals surface area contributed by atoms with Crippen LogP contribution in [0.15, 0.2) is 45.4 Å². The van der Waals surface area contributed by atoms with Crippen LogP contribution >= 0.6 is 31.9 Å². The number of hydrogen-bond acceptors (Lipinski definition) is 0. The molecule has 0 unspecified atom stereocenters. The molecule has 0 aliphatic heterocycles. The molecule has 0 N–H and O–H groups in total.